The maximum atomic E-state index is 12.5. The molecule has 1 N–H and O–H groups in total. The molecule has 0 aliphatic heterocycles. The van der Waals surface area contributed by atoms with Gasteiger partial charge in [-0.15, -0.1) is 4.91 Å². The van der Waals surface area contributed by atoms with E-state index in [-0.39, 0.29) is 18.2 Å². The molecule has 0 aromatic heterocycles. The minimum Gasteiger partial charge on any atom is -0.363 e. The summed E-state index contributed by atoms with van der Waals surface area (Å²) in [7, 11) is 0. The van der Waals surface area contributed by atoms with Crippen LogP contribution in [0.3, 0.4) is 0 Å². The largest absolute Gasteiger partial charge is 0.363 e. The first-order valence-corrected chi connectivity index (χ1v) is 6.08. The number of hydrogen-bond acceptors (Lipinski definition) is 5. The van der Waals surface area contributed by atoms with Crippen LogP contribution in [0, 0.1) is 4.91 Å². The molecule has 0 atom stereocenters. The summed E-state index contributed by atoms with van der Waals surface area (Å²) in [6.45, 7) is -0.153. The first kappa shape index (κ1) is 12.2. The van der Waals surface area contributed by atoms with Crippen molar-refractivity contribution in [1.82, 2.24) is 0 Å². The van der Waals surface area contributed by atoms with Gasteiger partial charge in [0.1, 0.15) is 6.67 Å². The van der Waals surface area contributed by atoms with E-state index < -0.39 is 0 Å². The van der Waals surface area contributed by atoms with E-state index in [1.165, 1.54) is 0 Å². The number of ketones is 2. The van der Waals surface area contributed by atoms with E-state index in [2.05, 4.69) is 10.5 Å². The Balaban J connectivity index is 2.20. The summed E-state index contributed by atoms with van der Waals surface area (Å²) >= 11 is 0. The number of hydrogen-bond donors (Lipinski definition) is 1. The van der Waals surface area contributed by atoms with E-state index in [0.29, 0.717) is 27.9 Å². The number of nitrogens with one attached hydrogen (secondary N) is 1. The Morgan fingerprint density at radius 1 is 0.850 bits per heavy atom. The standard InChI is InChI=1S/C15H10N2O3/c18-14-9-4-1-2-5-10(9)15(19)13-11(14)6-3-7-12(13)16-8-17-20/h1-7,16H,8H2. The van der Waals surface area contributed by atoms with E-state index in [4.69, 9.17) is 0 Å². The van der Waals surface area contributed by atoms with Crippen LogP contribution >= 0.6 is 0 Å². The van der Waals surface area contributed by atoms with E-state index in [9.17, 15) is 14.5 Å². The molecule has 20 heavy (non-hydrogen) atoms. The number of anilines is 1. The minimum atomic E-state index is -0.218. The molecular weight excluding hydrogens is 256 g/mol. The van der Waals surface area contributed by atoms with Crippen LogP contribution in [0.2, 0.25) is 0 Å². The molecule has 5 nitrogen and oxygen atoms in total. The zero-order valence-corrected chi connectivity index (χ0v) is 10.4. The Bertz CT molecular complexity index is 738. The van der Waals surface area contributed by atoms with Gasteiger partial charge in [-0.05, 0) is 11.2 Å². The van der Waals surface area contributed by atoms with Crippen molar-refractivity contribution in [3.05, 3.63) is 69.6 Å². The number of rotatable bonds is 3. The number of nitroso groups, excluding NO2 is 1. The predicted molar refractivity (Wildman–Crippen MR) is 74.0 cm³/mol. The monoisotopic (exact) mass is 266 g/mol. The number of carbonyl (C=O) groups excluding carboxylic acids is 2. The molecule has 3 rings (SSSR count). The van der Waals surface area contributed by atoms with Gasteiger partial charge in [0, 0.05) is 22.4 Å². The second-order valence-electron chi connectivity index (χ2n) is 4.40. The fraction of sp³-hybridized carbons (Fsp3) is 0.0667. The fourth-order valence-electron chi connectivity index (χ4n) is 2.41. The first-order chi connectivity index (χ1) is 9.74. The molecule has 0 heterocycles. The minimum absolute atomic E-state index is 0.153. The lowest BCUT2D eigenvalue weighted by atomic mass is 9.83. The van der Waals surface area contributed by atoms with Crippen molar-refractivity contribution >= 4 is 17.3 Å². The van der Waals surface area contributed by atoms with Gasteiger partial charge in [0.05, 0.1) is 5.56 Å². The number of benzene rings is 2. The van der Waals surface area contributed by atoms with E-state index >= 15 is 0 Å². The van der Waals surface area contributed by atoms with Crippen molar-refractivity contribution < 1.29 is 9.59 Å². The summed E-state index contributed by atoms with van der Waals surface area (Å²) < 4.78 is 0. The van der Waals surface area contributed by atoms with Gasteiger partial charge in [-0.25, -0.2) is 0 Å². The molecule has 1 aliphatic carbocycles. The van der Waals surface area contributed by atoms with Gasteiger partial charge in [0.15, 0.2) is 11.6 Å². The van der Waals surface area contributed by atoms with Gasteiger partial charge in [-0.2, -0.15) is 0 Å². The normalized spacial score (nSPS) is 12.6. The van der Waals surface area contributed by atoms with Crippen LogP contribution in [-0.2, 0) is 0 Å². The van der Waals surface area contributed by atoms with E-state index in [0.717, 1.165) is 0 Å². The van der Waals surface area contributed by atoms with Crippen molar-refractivity contribution in [3.8, 4) is 0 Å². The predicted octanol–water partition coefficient (Wildman–Crippen LogP) is 2.60. The Kier molecular flexibility index (Phi) is 2.87. The molecule has 0 unspecified atom stereocenters. The SMILES string of the molecule is O=NCNc1cccc2c1C(=O)c1ccccc1C2=O. The second-order valence-corrected chi connectivity index (χ2v) is 4.40. The summed E-state index contributed by atoms with van der Waals surface area (Å²) in [6.07, 6.45) is 0. The molecule has 2 aromatic carbocycles. The average Bonchev–Trinajstić information content (AvgIpc) is 2.50. The maximum Gasteiger partial charge on any atom is 0.196 e. The van der Waals surface area contributed by atoms with E-state index in [1.807, 2.05) is 0 Å². The molecule has 0 amide bonds. The van der Waals surface area contributed by atoms with Gasteiger partial charge in [-0.3, -0.25) is 9.59 Å². The third kappa shape index (κ3) is 1.72. The van der Waals surface area contributed by atoms with Crippen LogP contribution in [0.25, 0.3) is 0 Å². The van der Waals surface area contributed by atoms with Gasteiger partial charge in [0.25, 0.3) is 0 Å². The Hall–Kier alpha value is -2.82. The molecular formula is C15H10N2O3. The molecule has 0 saturated heterocycles. The van der Waals surface area contributed by atoms with Crippen LogP contribution in [0.1, 0.15) is 31.8 Å². The van der Waals surface area contributed by atoms with Crippen molar-refractivity contribution in [1.29, 1.82) is 0 Å². The van der Waals surface area contributed by atoms with Crippen molar-refractivity contribution in [2.45, 2.75) is 0 Å². The zero-order valence-electron chi connectivity index (χ0n) is 10.4. The van der Waals surface area contributed by atoms with Crippen LogP contribution < -0.4 is 5.32 Å². The highest BCUT2D eigenvalue weighted by molar-refractivity contribution is 6.30. The Morgan fingerprint density at radius 3 is 2.20 bits per heavy atom. The summed E-state index contributed by atoms with van der Waals surface area (Å²) in [6, 6.07) is 11.7. The van der Waals surface area contributed by atoms with Crippen LogP contribution in [-0.4, -0.2) is 18.2 Å². The topological polar surface area (TPSA) is 75.6 Å². The summed E-state index contributed by atoms with van der Waals surface area (Å²) in [4.78, 5) is 35.2. The van der Waals surface area contributed by atoms with E-state index in [1.54, 1.807) is 42.5 Å². The van der Waals surface area contributed by atoms with Crippen LogP contribution in [0.15, 0.2) is 47.6 Å². The highest BCUT2D eigenvalue weighted by atomic mass is 16.3. The zero-order chi connectivity index (χ0) is 14.1. The summed E-state index contributed by atoms with van der Waals surface area (Å²) in [5.41, 5.74) is 1.91. The Morgan fingerprint density at radius 2 is 1.50 bits per heavy atom. The molecule has 98 valence electrons. The van der Waals surface area contributed by atoms with Crippen LogP contribution in [0.4, 0.5) is 5.69 Å². The lowest BCUT2D eigenvalue weighted by Crippen LogP contribution is -2.22. The molecule has 0 bridgehead atoms. The highest BCUT2D eigenvalue weighted by Crippen LogP contribution is 2.31. The van der Waals surface area contributed by atoms with Crippen LogP contribution in [0.5, 0.6) is 0 Å². The maximum absolute atomic E-state index is 12.5. The average molecular weight is 266 g/mol. The second kappa shape index (κ2) is 4.70. The quantitative estimate of drug-likeness (QED) is 0.739. The molecule has 0 saturated carbocycles. The molecule has 1 aliphatic rings. The lowest BCUT2D eigenvalue weighted by Gasteiger charge is -2.19. The third-order valence-corrected chi connectivity index (χ3v) is 3.29. The fourth-order valence-corrected chi connectivity index (χ4v) is 2.41. The smallest absolute Gasteiger partial charge is 0.196 e. The number of carbonyl (C=O) groups is 2. The molecule has 0 fully saturated rings. The van der Waals surface area contributed by atoms with Crippen molar-refractivity contribution in [2.24, 2.45) is 5.18 Å². The Labute approximate surface area is 114 Å². The summed E-state index contributed by atoms with van der Waals surface area (Å²) in [5, 5.41) is 5.46. The van der Waals surface area contributed by atoms with Crippen molar-refractivity contribution in [2.75, 3.05) is 12.0 Å². The molecule has 0 spiro atoms. The molecule has 5 heteroatoms. The highest BCUT2D eigenvalue weighted by Gasteiger charge is 2.31. The van der Waals surface area contributed by atoms with Gasteiger partial charge in [0.2, 0.25) is 0 Å². The molecule has 0 radical (unpaired) electrons. The summed E-state index contributed by atoms with van der Waals surface area (Å²) in [5.74, 6) is -0.401. The number of fused-ring (bicyclic) bond motifs is 2. The third-order valence-electron chi connectivity index (χ3n) is 3.29. The first-order valence-electron chi connectivity index (χ1n) is 6.08. The lowest BCUT2D eigenvalue weighted by molar-refractivity contribution is 0.0979. The van der Waals surface area contributed by atoms with Gasteiger partial charge < -0.3 is 5.32 Å². The van der Waals surface area contributed by atoms with Crippen molar-refractivity contribution in [3.63, 3.8) is 0 Å². The molecule has 2 aromatic rings. The van der Waals surface area contributed by atoms with Gasteiger partial charge in [-0.1, -0.05) is 36.4 Å². The number of nitrogens with zero attached hydrogens (tertiary/aromatic N) is 1. The van der Waals surface area contributed by atoms with Gasteiger partial charge >= 0.3 is 0 Å².